The molecule has 98 valence electrons. The van der Waals surface area contributed by atoms with Gasteiger partial charge in [0.25, 0.3) is 0 Å². The van der Waals surface area contributed by atoms with E-state index < -0.39 is 0 Å². The fourth-order valence-electron chi connectivity index (χ4n) is 3.08. The summed E-state index contributed by atoms with van der Waals surface area (Å²) in [5.41, 5.74) is 0. The van der Waals surface area contributed by atoms with Crippen LogP contribution in [0.3, 0.4) is 0 Å². The zero-order valence-corrected chi connectivity index (χ0v) is 10.7. The zero-order valence-electron chi connectivity index (χ0n) is 10.7. The van der Waals surface area contributed by atoms with Crippen LogP contribution in [0.2, 0.25) is 0 Å². The Kier molecular flexibility index (Phi) is 4.84. The molecule has 0 atom stereocenters. The van der Waals surface area contributed by atoms with E-state index in [-0.39, 0.29) is 17.9 Å². The third-order valence-electron chi connectivity index (χ3n) is 4.27. The number of hydrogen-bond donors (Lipinski definition) is 2. The number of aliphatic hydroxyl groups excluding tert-OH is 1. The first-order valence-electron chi connectivity index (χ1n) is 7.24. The Balaban J connectivity index is 1.75. The number of amides is 1. The SMILES string of the molecule is O=C(NC1CCC(O)CC1)C1CCCCCC1. The molecule has 2 saturated carbocycles. The Labute approximate surface area is 104 Å². The number of hydrogen-bond acceptors (Lipinski definition) is 2. The fraction of sp³-hybridized carbons (Fsp3) is 0.929. The quantitative estimate of drug-likeness (QED) is 0.727. The summed E-state index contributed by atoms with van der Waals surface area (Å²) in [5.74, 6) is 0.526. The molecule has 2 aliphatic carbocycles. The van der Waals surface area contributed by atoms with Gasteiger partial charge in [0.05, 0.1) is 6.10 Å². The highest BCUT2D eigenvalue weighted by molar-refractivity contribution is 5.78. The van der Waals surface area contributed by atoms with Gasteiger partial charge in [-0.1, -0.05) is 25.7 Å². The molecule has 0 aromatic heterocycles. The second-order valence-corrected chi connectivity index (χ2v) is 5.70. The summed E-state index contributed by atoms with van der Waals surface area (Å²) < 4.78 is 0. The molecule has 0 bridgehead atoms. The Morgan fingerprint density at radius 3 is 2.06 bits per heavy atom. The van der Waals surface area contributed by atoms with Gasteiger partial charge in [-0.05, 0) is 38.5 Å². The van der Waals surface area contributed by atoms with E-state index in [1.807, 2.05) is 0 Å². The summed E-state index contributed by atoms with van der Waals surface area (Å²) in [6, 6.07) is 0.314. The van der Waals surface area contributed by atoms with Gasteiger partial charge in [-0.25, -0.2) is 0 Å². The monoisotopic (exact) mass is 239 g/mol. The van der Waals surface area contributed by atoms with E-state index in [1.54, 1.807) is 0 Å². The van der Waals surface area contributed by atoms with E-state index >= 15 is 0 Å². The van der Waals surface area contributed by atoms with Crippen molar-refractivity contribution in [3.63, 3.8) is 0 Å². The third kappa shape index (κ3) is 3.98. The molecule has 2 fully saturated rings. The van der Waals surface area contributed by atoms with E-state index in [0.29, 0.717) is 6.04 Å². The fourth-order valence-corrected chi connectivity index (χ4v) is 3.08. The summed E-state index contributed by atoms with van der Waals surface area (Å²) in [6.45, 7) is 0. The second-order valence-electron chi connectivity index (χ2n) is 5.70. The van der Waals surface area contributed by atoms with Gasteiger partial charge in [-0.3, -0.25) is 4.79 Å². The predicted molar refractivity (Wildman–Crippen MR) is 67.6 cm³/mol. The highest BCUT2D eigenvalue weighted by atomic mass is 16.3. The minimum Gasteiger partial charge on any atom is -0.393 e. The van der Waals surface area contributed by atoms with Crippen LogP contribution < -0.4 is 5.32 Å². The molecule has 2 aliphatic rings. The summed E-state index contributed by atoms with van der Waals surface area (Å²) >= 11 is 0. The van der Waals surface area contributed by atoms with Crippen molar-refractivity contribution in [1.29, 1.82) is 0 Å². The third-order valence-corrected chi connectivity index (χ3v) is 4.27. The summed E-state index contributed by atoms with van der Waals surface area (Å²) in [7, 11) is 0. The number of carbonyl (C=O) groups is 1. The number of aliphatic hydroxyl groups is 1. The van der Waals surface area contributed by atoms with Crippen LogP contribution in [-0.2, 0) is 4.79 Å². The highest BCUT2D eigenvalue weighted by Crippen LogP contribution is 2.24. The molecule has 3 heteroatoms. The van der Waals surface area contributed by atoms with Crippen LogP contribution in [0.15, 0.2) is 0 Å². The lowest BCUT2D eigenvalue weighted by Gasteiger charge is -2.27. The molecule has 2 rings (SSSR count). The first-order chi connectivity index (χ1) is 8.25. The van der Waals surface area contributed by atoms with Crippen LogP contribution >= 0.6 is 0 Å². The molecule has 2 N–H and O–H groups in total. The molecule has 0 aromatic carbocycles. The molecule has 0 aliphatic heterocycles. The number of carbonyl (C=O) groups excluding carboxylic acids is 1. The van der Waals surface area contributed by atoms with Gasteiger partial charge in [0.1, 0.15) is 0 Å². The minimum atomic E-state index is -0.138. The molecule has 0 radical (unpaired) electrons. The average Bonchev–Trinajstić information content (AvgIpc) is 2.61. The molecule has 0 unspecified atom stereocenters. The summed E-state index contributed by atoms with van der Waals surface area (Å²) in [4.78, 5) is 12.1. The van der Waals surface area contributed by atoms with Crippen molar-refractivity contribution in [3.05, 3.63) is 0 Å². The van der Waals surface area contributed by atoms with Gasteiger partial charge < -0.3 is 10.4 Å². The van der Waals surface area contributed by atoms with E-state index in [2.05, 4.69) is 5.32 Å². The molecular weight excluding hydrogens is 214 g/mol. The lowest BCUT2D eigenvalue weighted by atomic mass is 9.92. The molecule has 0 heterocycles. The molecule has 1 amide bonds. The van der Waals surface area contributed by atoms with Crippen molar-refractivity contribution in [1.82, 2.24) is 5.32 Å². The van der Waals surface area contributed by atoms with Crippen molar-refractivity contribution < 1.29 is 9.90 Å². The molecule has 17 heavy (non-hydrogen) atoms. The Hall–Kier alpha value is -0.570. The van der Waals surface area contributed by atoms with Crippen LogP contribution in [0.1, 0.15) is 64.2 Å². The van der Waals surface area contributed by atoms with Gasteiger partial charge in [0, 0.05) is 12.0 Å². The van der Waals surface area contributed by atoms with Crippen LogP contribution in [0.25, 0.3) is 0 Å². The molecule has 0 saturated heterocycles. The summed E-state index contributed by atoms with van der Waals surface area (Å²) in [6.07, 6.45) is 10.6. The maximum atomic E-state index is 12.1. The molecule has 0 aromatic rings. The minimum absolute atomic E-state index is 0.138. The zero-order chi connectivity index (χ0) is 12.1. The van der Waals surface area contributed by atoms with Crippen LogP contribution in [0.5, 0.6) is 0 Å². The first kappa shape index (κ1) is 12.9. The van der Waals surface area contributed by atoms with E-state index in [9.17, 15) is 9.90 Å². The number of rotatable bonds is 2. The molecule has 3 nitrogen and oxygen atoms in total. The van der Waals surface area contributed by atoms with E-state index in [4.69, 9.17) is 0 Å². The lowest BCUT2D eigenvalue weighted by Crippen LogP contribution is -2.41. The van der Waals surface area contributed by atoms with Gasteiger partial charge in [0.15, 0.2) is 0 Å². The van der Waals surface area contributed by atoms with Crippen molar-refractivity contribution in [3.8, 4) is 0 Å². The van der Waals surface area contributed by atoms with Crippen LogP contribution in [0, 0.1) is 5.92 Å². The Morgan fingerprint density at radius 2 is 1.47 bits per heavy atom. The van der Waals surface area contributed by atoms with Crippen molar-refractivity contribution >= 4 is 5.91 Å². The smallest absolute Gasteiger partial charge is 0.223 e. The average molecular weight is 239 g/mol. The number of nitrogens with one attached hydrogen (secondary N) is 1. The highest BCUT2D eigenvalue weighted by Gasteiger charge is 2.25. The Morgan fingerprint density at radius 1 is 0.882 bits per heavy atom. The largest absolute Gasteiger partial charge is 0.393 e. The molecular formula is C14H25NO2. The maximum Gasteiger partial charge on any atom is 0.223 e. The second kappa shape index (κ2) is 6.39. The Bertz CT molecular complexity index is 239. The van der Waals surface area contributed by atoms with Gasteiger partial charge in [0.2, 0.25) is 5.91 Å². The normalized spacial score (nSPS) is 31.8. The first-order valence-corrected chi connectivity index (χ1v) is 7.24. The van der Waals surface area contributed by atoms with Gasteiger partial charge in [-0.2, -0.15) is 0 Å². The summed E-state index contributed by atoms with van der Waals surface area (Å²) in [5, 5.41) is 12.6. The van der Waals surface area contributed by atoms with Crippen LogP contribution in [-0.4, -0.2) is 23.2 Å². The topological polar surface area (TPSA) is 49.3 Å². The van der Waals surface area contributed by atoms with Gasteiger partial charge >= 0.3 is 0 Å². The van der Waals surface area contributed by atoms with Crippen LogP contribution in [0.4, 0.5) is 0 Å². The predicted octanol–water partition coefficient (Wildman–Crippen LogP) is 2.38. The lowest BCUT2D eigenvalue weighted by molar-refractivity contribution is -0.126. The standard InChI is InChI=1S/C14H25NO2/c16-13-9-7-12(8-10-13)15-14(17)11-5-3-1-2-4-6-11/h11-13,16H,1-10H2,(H,15,17). The molecule has 0 spiro atoms. The van der Waals surface area contributed by atoms with Crippen molar-refractivity contribution in [2.75, 3.05) is 0 Å². The van der Waals surface area contributed by atoms with Crippen molar-refractivity contribution in [2.45, 2.75) is 76.4 Å². The van der Waals surface area contributed by atoms with E-state index in [0.717, 1.165) is 38.5 Å². The van der Waals surface area contributed by atoms with Gasteiger partial charge in [-0.15, -0.1) is 0 Å². The maximum absolute atomic E-state index is 12.1. The van der Waals surface area contributed by atoms with E-state index in [1.165, 1.54) is 25.7 Å². The van der Waals surface area contributed by atoms with Crippen molar-refractivity contribution in [2.24, 2.45) is 5.92 Å².